The second-order valence-corrected chi connectivity index (χ2v) is 9.55. The first-order chi connectivity index (χ1) is 17.8. The minimum atomic E-state index is -0.764. The Labute approximate surface area is 218 Å². The number of ether oxygens (including phenoxy) is 1. The summed E-state index contributed by atoms with van der Waals surface area (Å²) in [5.41, 5.74) is 4.01. The Balaban J connectivity index is 1.30. The van der Waals surface area contributed by atoms with Crippen LogP contribution >= 0.6 is 11.6 Å². The van der Waals surface area contributed by atoms with Crippen LogP contribution in [0.5, 0.6) is 0 Å². The quantitative estimate of drug-likeness (QED) is 0.297. The fourth-order valence-corrected chi connectivity index (χ4v) is 4.65. The van der Waals surface area contributed by atoms with Crippen molar-refractivity contribution in [2.24, 2.45) is 0 Å². The molecule has 0 spiro atoms. The van der Waals surface area contributed by atoms with E-state index < -0.39 is 23.6 Å². The van der Waals surface area contributed by atoms with Gasteiger partial charge in [-0.3, -0.25) is 10.1 Å². The minimum Gasteiger partial charge on any atom is -0.481 e. The summed E-state index contributed by atoms with van der Waals surface area (Å²) in [4.78, 5) is 24.2. The van der Waals surface area contributed by atoms with Gasteiger partial charge in [0.15, 0.2) is 5.82 Å². The molecule has 1 aliphatic rings. The molecule has 1 fully saturated rings. The summed E-state index contributed by atoms with van der Waals surface area (Å²) in [6.07, 6.45) is 0.160. The van der Waals surface area contributed by atoms with E-state index in [1.807, 2.05) is 66.7 Å². The van der Waals surface area contributed by atoms with Crippen LogP contribution < -0.4 is 5.32 Å². The Kier molecular flexibility index (Phi) is 6.43. The molecular weight excluding hydrogens is 492 g/mol. The summed E-state index contributed by atoms with van der Waals surface area (Å²) in [5, 5.41) is 21.1. The lowest BCUT2D eigenvalue weighted by Gasteiger charge is -2.16. The number of aliphatic carboxylic acids is 1. The third-order valence-electron chi connectivity index (χ3n) is 6.73. The van der Waals surface area contributed by atoms with Crippen LogP contribution in [0.2, 0.25) is 5.02 Å². The monoisotopic (exact) mass is 516 g/mol. The number of carbonyl (C=O) groups is 2. The highest BCUT2D eigenvalue weighted by Gasteiger charge is 2.51. The molecule has 2 N–H and O–H groups in total. The van der Waals surface area contributed by atoms with Gasteiger partial charge in [-0.1, -0.05) is 71.4 Å². The van der Waals surface area contributed by atoms with Gasteiger partial charge in [-0.15, -0.1) is 5.10 Å². The maximum Gasteiger partial charge on any atom is 0.413 e. The molecule has 1 amide bonds. The molecule has 0 saturated heterocycles. The highest BCUT2D eigenvalue weighted by molar-refractivity contribution is 6.31. The molecule has 3 aromatic carbocycles. The van der Waals surface area contributed by atoms with Crippen LogP contribution in [-0.2, 0) is 14.9 Å². The third kappa shape index (κ3) is 4.80. The zero-order valence-electron chi connectivity index (χ0n) is 20.3. The Bertz CT molecular complexity index is 1460. The highest BCUT2D eigenvalue weighted by Crippen LogP contribution is 2.48. The van der Waals surface area contributed by atoms with Crippen molar-refractivity contribution >= 4 is 29.5 Å². The Hall–Kier alpha value is -4.17. The van der Waals surface area contributed by atoms with Gasteiger partial charge in [0.2, 0.25) is 0 Å². The number of carboxylic acid groups (broad SMARTS) is 1. The van der Waals surface area contributed by atoms with Crippen molar-refractivity contribution in [2.75, 3.05) is 5.32 Å². The number of aromatic nitrogens is 3. The van der Waals surface area contributed by atoms with Crippen LogP contribution in [0.25, 0.3) is 16.8 Å². The number of rotatable bonds is 7. The maximum atomic E-state index is 12.6. The summed E-state index contributed by atoms with van der Waals surface area (Å²) in [7, 11) is 0. The van der Waals surface area contributed by atoms with Gasteiger partial charge in [-0.25, -0.2) is 4.79 Å². The molecular formula is C28H25ClN4O4. The van der Waals surface area contributed by atoms with Crippen molar-refractivity contribution in [3.8, 4) is 16.8 Å². The first kappa shape index (κ1) is 24.5. The fraction of sp³-hybridized carbons (Fsp3) is 0.214. The zero-order chi connectivity index (χ0) is 26.2. The highest BCUT2D eigenvalue weighted by atomic mass is 35.5. The smallest absolute Gasteiger partial charge is 0.413 e. The molecule has 0 bridgehead atoms. The maximum absolute atomic E-state index is 12.6. The lowest BCUT2D eigenvalue weighted by Crippen LogP contribution is -2.19. The van der Waals surface area contributed by atoms with Crippen LogP contribution in [0.3, 0.4) is 0 Å². The van der Waals surface area contributed by atoms with E-state index in [1.165, 1.54) is 4.68 Å². The number of benzene rings is 3. The molecule has 9 heteroatoms. The molecule has 4 aromatic rings. The number of nitrogens with one attached hydrogen (secondary N) is 1. The molecule has 5 rings (SSSR count). The number of anilines is 1. The van der Waals surface area contributed by atoms with Crippen molar-refractivity contribution in [2.45, 2.75) is 38.2 Å². The van der Waals surface area contributed by atoms with E-state index in [-0.39, 0.29) is 0 Å². The van der Waals surface area contributed by atoms with E-state index >= 15 is 0 Å². The van der Waals surface area contributed by atoms with Gasteiger partial charge in [0, 0.05) is 10.6 Å². The molecule has 1 heterocycles. The lowest BCUT2D eigenvalue weighted by atomic mass is 9.94. The fourth-order valence-electron chi connectivity index (χ4n) is 4.36. The van der Waals surface area contributed by atoms with E-state index in [0.29, 0.717) is 40.6 Å². The Morgan fingerprint density at radius 3 is 2.24 bits per heavy atom. The summed E-state index contributed by atoms with van der Waals surface area (Å²) < 4.78 is 7.06. The summed E-state index contributed by atoms with van der Waals surface area (Å²) in [6, 6.07) is 22.5. The Morgan fingerprint density at radius 1 is 1.03 bits per heavy atom. The number of amides is 1. The standard InChI is InChI=1S/C28H25ClN4O4/c1-17-25(30-27(36)37-18(2)23-5-3-4-6-24(23)29)33(32-31-17)22-13-9-20(10-14-22)19-7-11-21(12-8-19)28(15-16-28)26(34)35/h3-14,18H,15-16H2,1-2H3,(H,30,36)(H,34,35). The number of nitrogens with zero attached hydrogens (tertiary/aromatic N) is 3. The average Bonchev–Trinajstić information content (AvgIpc) is 3.64. The second-order valence-electron chi connectivity index (χ2n) is 9.14. The number of hydrogen-bond donors (Lipinski definition) is 2. The first-order valence-electron chi connectivity index (χ1n) is 11.9. The molecule has 0 aliphatic heterocycles. The van der Waals surface area contributed by atoms with Gasteiger partial charge < -0.3 is 9.84 Å². The molecule has 8 nitrogen and oxygen atoms in total. The SMILES string of the molecule is Cc1nnn(-c2ccc(-c3ccc(C4(C(=O)O)CC4)cc3)cc2)c1NC(=O)OC(C)c1ccccc1Cl. The van der Waals surface area contributed by atoms with Gasteiger partial charge >= 0.3 is 12.1 Å². The van der Waals surface area contributed by atoms with E-state index in [0.717, 1.165) is 16.7 Å². The van der Waals surface area contributed by atoms with E-state index in [1.54, 1.807) is 19.9 Å². The molecule has 1 aromatic heterocycles. The van der Waals surface area contributed by atoms with Gasteiger partial charge in [0.05, 0.1) is 11.1 Å². The molecule has 1 unspecified atom stereocenters. The topological polar surface area (TPSA) is 106 Å². The normalized spacial score (nSPS) is 14.6. The van der Waals surface area contributed by atoms with E-state index in [4.69, 9.17) is 16.3 Å². The van der Waals surface area contributed by atoms with Crippen LogP contribution in [0.1, 0.15) is 42.7 Å². The predicted octanol–water partition coefficient (Wildman–Crippen LogP) is 6.32. The molecule has 188 valence electrons. The zero-order valence-corrected chi connectivity index (χ0v) is 21.1. The van der Waals surface area contributed by atoms with Crippen molar-refractivity contribution in [1.29, 1.82) is 0 Å². The number of carboxylic acids is 1. The number of hydrogen-bond acceptors (Lipinski definition) is 5. The summed E-state index contributed by atoms with van der Waals surface area (Å²) >= 11 is 6.22. The molecule has 37 heavy (non-hydrogen) atoms. The Morgan fingerprint density at radius 2 is 1.65 bits per heavy atom. The molecule has 0 radical (unpaired) electrons. The number of aryl methyl sites for hydroxylation is 1. The molecule has 1 atom stereocenters. The number of halogens is 1. The van der Waals surface area contributed by atoms with Crippen LogP contribution in [0, 0.1) is 6.92 Å². The molecule has 1 saturated carbocycles. The van der Waals surface area contributed by atoms with E-state index in [2.05, 4.69) is 15.6 Å². The van der Waals surface area contributed by atoms with Crippen LogP contribution in [0.15, 0.2) is 72.8 Å². The second kappa shape index (κ2) is 9.71. The van der Waals surface area contributed by atoms with Crippen molar-refractivity contribution in [3.63, 3.8) is 0 Å². The molecule has 1 aliphatic carbocycles. The van der Waals surface area contributed by atoms with Gasteiger partial charge in [0.1, 0.15) is 11.8 Å². The van der Waals surface area contributed by atoms with Gasteiger partial charge in [-0.2, -0.15) is 4.68 Å². The first-order valence-corrected chi connectivity index (χ1v) is 12.3. The van der Waals surface area contributed by atoms with Crippen LogP contribution in [0.4, 0.5) is 10.6 Å². The summed E-state index contributed by atoms with van der Waals surface area (Å²) in [5.74, 6) is -0.365. The predicted molar refractivity (Wildman–Crippen MR) is 140 cm³/mol. The van der Waals surface area contributed by atoms with Crippen molar-refractivity contribution < 1.29 is 19.4 Å². The van der Waals surface area contributed by atoms with Crippen LogP contribution in [-0.4, -0.2) is 32.2 Å². The lowest BCUT2D eigenvalue weighted by molar-refractivity contribution is -0.140. The van der Waals surface area contributed by atoms with E-state index in [9.17, 15) is 14.7 Å². The van der Waals surface area contributed by atoms with Gasteiger partial charge in [0.25, 0.3) is 0 Å². The minimum absolute atomic E-state index is 0.400. The van der Waals surface area contributed by atoms with Gasteiger partial charge in [-0.05, 0) is 61.6 Å². The largest absolute Gasteiger partial charge is 0.481 e. The number of carbonyl (C=O) groups excluding carboxylic acids is 1. The summed E-state index contributed by atoms with van der Waals surface area (Å²) in [6.45, 7) is 3.50. The average molecular weight is 517 g/mol. The van der Waals surface area contributed by atoms with Crippen molar-refractivity contribution in [3.05, 3.63) is 94.6 Å². The third-order valence-corrected chi connectivity index (χ3v) is 7.07. The van der Waals surface area contributed by atoms with Crippen molar-refractivity contribution in [1.82, 2.24) is 15.0 Å².